The lowest BCUT2D eigenvalue weighted by Crippen LogP contribution is -2.29. The summed E-state index contributed by atoms with van der Waals surface area (Å²) in [6.07, 6.45) is 4.95. The Balaban J connectivity index is 1.97. The number of nitrogens with two attached hydrogens (primary N) is 1. The molecule has 12 heavy (non-hydrogen) atoms. The number of esters is 1. The Morgan fingerprint density at radius 1 is 1.67 bits per heavy atom. The average molecular weight is 171 g/mol. The minimum absolute atomic E-state index is 0.283. The van der Waals surface area contributed by atoms with E-state index in [0.29, 0.717) is 6.61 Å². The van der Waals surface area contributed by atoms with Gasteiger partial charge >= 0.3 is 5.97 Å². The normalized spacial score (nSPS) is 19.8. The molecule has 0 spiro atoms. The summed E-state index contributed by atoms with van der Waals surface area (Å²) >= 11 is 0. The molecule has 0 bridgehead atoms. The zero-order chi connectivity index (χ0) is 8.97. The zero-order valence-corrected chi connectivity index (χ0v) is 7.58. The highest BCUT2D eigenvalue weighted by molar-refractivity contribution is 5.74. The summed E-state index contributed by atoms with van der Waals surface area (Å²) in [6.45, 7) is 2.19. The van der Waals surface area contributed by atoms with Crippen LogP contribution in [-0.4, -0.2) is 18.6 Å². The fourth-order valence-corrected chi connectivity index (χ4v) is 1.24. The molecular weight excluding hydrogens is 154 g/mol. The Morgan fingerprint density at radius 3 is 2.75 bits per heavy atom. The van der Waals surface area contributed by atoms with Gasteiger partial charge in [0.05, 0.1) is 6.61 Å². The molecule has 1 fully saturated rings. The van der Waals surface area contributed by atoms with Gasteiger partial charge in [-0.15, -0.1) is 0 Å². The summed E-state index contributed by atoms with van der Waals surface area (Å²) in [5, 5.41) is 0. The molecule has 1 rings (SSSR count). The summed E-state index contributed by atoms with van der Waals surface area (Å²) in [5.41, 5.74) is 5.32. The van der Waals surface area contributed by atoms with E-state index in [-0.39, 0.29) is 5.97 Å². The summed E-state index contributed by atoms with van der Waals surface area (Å²) in [6, 6.07) is -0.480. The number of hydrogen-bond acceptors (Lipinski definition) is 3. The first-order valence-electron chi connectivity index (χ1n) is 4.62. The molecule has 1 atom stereocenters. The summed E-state index contributed by atoms with van der Waals surface area (Å²) < 4.78 is 4.95. The number of rotatable bonds is 4. The lowest BCUT2D eigenvalue weighted by molar-refractivity contribution is -0.145. The second kappa shape index (κ2) is 4.45. The van der Waals surface area contributed by atoms with Crippen LogP contribution in [0.3, 0.4) is 0 Å². The van der Waals surface area contributed by atoms with Crippen molar-refractivity contribution in [3.63, 3.8) is 0 Å². The molecule has 70 valence electrons. The monoisotopic (exact) mass is 171 g/mol. The van der Waals surface area contributed by atoms with Crippen LogP contribution in [0.15, 0.2) is 0 Å². The molecule has 1 aliphatic rings. The van der Waals surface area contributed by atoms with Crippen LogP contribution in [0, 0.1) is 5.92 Å². The molecule has 1 saturated carbocycles. The number of hydrogen-bond donors (Lipinski definition) is 1. The minimum atomic E-state index is -0.480. The highest BCUT2D eigenvalue weighted by atomic mass is 16.5. The van der Waals surface area contributed by atoms with Gasteiger partial charge in [0.1, 0.15) is 6.04 Å². The lowest BCUT2D eigenvalue weighted by Gasteiger charge is -2.24. The molecule has 0 radical (unpaired) electrons. The molecule has 3 nitrogen and oxygen atoms in total. The van der Waals surface area contributed by atoms with Gasteiger partial charge in [-0.3, -0.25) is 4.79 Å². The topological polar surface area (TPSA) is 52.3 Å². The molecule has 0 aliphatic heterocycles. The van der Waals surface area contributed by atoms with Gasteiger partial charge in [0.25, 0.3) is 0 Å². The van der Waals surface area contributed by atoms with Crippen LogP contribution in [0.2, 0.25) is 0 Å². The van der Waals surface area contributed by atoms with Gasteiger partial charge in [0.2, 0.25) is 0 Å². The first kappa shape index (κ1) is 9.52. The van der Waals surface area contributed by atoms with Gasteiger partial charge in [-0.2, -0.15) is 0 Å². The van der Waals surface area contributed by atoms with Crippen LogP contribution in [0.1, 0.15) is 32.6 Å². The van der Waals surface area contributed by atoms with E-state index in [9.17, 15) is 4.79 Å². The molecular formula is C9H17NO2. The van der Waals surface area contributed by atoms with Crippen molar-refractivity contribution in [1.29, 1.82) is 0 Å². The van der Waals surface area contributed by atoms with Crippen LogP contribution < -0.4 is 5.73 Å². The van der Waals surface area contributed by atoms with Crippen molar-refractivity contribution in [2.24, 2.45) is 11.7 Å². The Hall–Kier alpha value is -0.570. The second-order valence-corrected chi connectivity index (χ2v) is 3.54. The lowest BCUT2D eigenvalue weighted by atomic mass is 9.83. The Labute approximate surface area is 73.3 Å². The Morgan fingerprint density at radius 2 is 2.33 bits per heavy atom. The van der Waals surface area contributed by atoms with Crippen LogP contribution in [-0.2, 0) is 9.53 Å². The SMILES string of the molecule is C[C@H](N)C(=O)OCCC1CCC1. The predicted molar refractivity (Wildman–Crippen MR) is 46.6 cm³/mol. The predicted octanol–water partition coefficient (Wildman–Crippen LogP) is 1.07. The fourth-order valence-electron chi connectivity index (χ4n) is 1.24. The molecule has 0 heterocycles. The average Bonchev–Trinajstić information content (AvgIpc) is 1.93. The van der Waals surface area contributed by atoms with Crippen molar-refractivity contribution in [1.82, 2.24) is 0 Å². The summed E-state index contributed by atoms with van der Waals surface area (Å²) in [7, 11) is 0. The van der Waals surface area contributed by atoms with E-state index in [1.165, 1.54) is 19.3 Å². The number of carbonyl (C=O) groups is 1. The van der Waals surface area contributed by atoms with Crippen LogP contribution >= 0.6 is 0 Å². The molecule has 0 aromatic rings. The first-order chi connectivity index (χ1) is 5.70. The third-order valence-corrected chi connectivity index (χ3v) is 2.37. The van der Waals surface area contributed by atoms with E-state index < -0.39 is 6.04 Å². The highest BCUT2D eigenvalue weighted by Gasteiger charge is 2.17. The molecule has 2 N–H and O–H groups in total. The maximum atomic E-state index is 10.9. The van der Waals surface area contributed by atoms with Gasteiger partial charge in [-0.1, -0.05) is 19.3 Å². The highest BCUT2D eigenvalue weighted by Crippen LogP contribution is 2.29. The van der Waals surface area contributed by atoms with Crippen LogP contribution in [0.25, 0.3) is 0 Å². The maximum absolute atomic E-state index is 10.9. The van der Waals surface area contributed by atoms with E-state index in [2.05, 4.69) is 0 Å². The fraction of sp³-hybridized carbons (Fsp3) is 0.889. The summed E-state index contributed by atoms with van der Waals surface area (Å²) in [5.74, 6) is 0.514. The zero-order valence-electron chi connectivity index (χ0n) is 7.58. The molecule has 0 unspecified atom stereocenters. The smallest absolute Gasteiger partial charge is 0.322 e. The van der Waals surface area contributed by atoms with Gasteiger partial charge in [0, 0.05) is 0 Å². The van der Waals surface area contributed by atoms with Crippen molar-refractivity contribution in [3.8, 4) is 0 Å². The molecule has 0 aromatic carbocycles. The standard InChI is InChI=1S/C9H17NO2/c1-7(10)9(11)12-6-5-8-3-2-4-8/h7-8H,2-6,10H2,1H3/t7-/m0/s1. The first-order valence-corrected chi connectivity index (χ1v) is 4.62. The molecule has 0 aromatic heterocycles. The molecule has 3 heteroatoms. The second-order valence-electron chi connectivity index (χ2n) is 3.54. The van der Waals surface area contributed by atoms with Crippen molar-refractivity contribution in [3.05, 3.63) is 0 Å². The van der Waals surface area contributed by atoms with Crippen LogP contribution in [0.5, 0.6) is 0 Å². The quantitative estimate of drug-likeness (QED) is 0.644. The minimum Gasteiger partial charge on any atom is -0.465 e. The maximum Gasteiger partial charge on any atom is 0.322 e. The number of ether oxygens (including phenoxy) is 1. The van der Waals surface area contributed by atoms with E-state index in [1.54, 1.807) is 6.92 Å². The van der Waals surface area contributed by atoms with Crippen molar-refractivity contribution < 1.29 is 9.53 Å². The molecule has 1 aliphatic carbocycles. The van der Waals surface area contributed by atoms with Gasteiger partial charge in [0.15, 0.2) is 0 Å². The largest absolute Gasteiger partial charge is 0.465 e. The van der Waals surface area contributed by atoms with E-state index in [0.717, 1.165) is 12.3 Å². The Kier molecular flexibility index (Phi) is 3.53. The van der Waals surface area contributed by atoms with E-state index in [1.807, 2.05) is 0 Å². The third kappa shape index (κ3) is 2.81. The Bertz CT molecular complexity index is 153. The van der Waals surface area contributed by atoms with Crippen molar-refractivity contribution in [2.75, 3.05) is 6.61 Å². The van der Waals surface area contributed by atoms with E-state index >= 15 is 0 Å². The summed E-state index contributed by atoms with van der Waals surface area (Å²) in [4.78, 5) is 10.9. The van der Waals surface area contributed by atoms with Crippen molar-refractivity contribution in [2.45, 2.75) is 38.6 Å². The van der Waals surface area contributed by atoms with Gasteiger partial charge < -0.3 is 10.5 Å². The third-order valence-electron chi connectivity index (χ3n) is 2.37. The van der Waals surface area contributed by atoms with E-state index in [4.69, 9.17) is 10.5 Å². The number of carbonyl (C=O) groups excluding carboxylic acids is 1. The van der Waals surface area contributed by atoms with Gasteiger partial charge in [-0.25, -0.2) is 0 Å². The van der Waals surface area contributed by atoms with Crippen LogP contribution in [0.4, 0.5) is 0 Å². The molecule has 0 amide bonds. The van der Waals surface area contributed by atoms with Crippen molar-refractivity contribution >= 4 is 5.97 Å². The molecule has 0 saturated heterocycles. The van der Waals surface area contributed by atoms with Gasteiger partial charge in [-0.05, 0) is 19.3 Å².